The number of fused-ring (bicyclic) bond motifs is 7. The fourth-order valence-corrected chi connectivity index (χ4v) is 10.7. The highest BCUT2D eigenvalue weighted by atomic mass is 32.1. The topological polar surface area (TPSA) is 35.6 Å². The summed E-state index contributed by atoms with van der Waals surface area (Å²) in [6, 6.07) is 35.7. The fraction of sp³-hybridized carbons (Fsp3) is 0.292. The third-order valence-electron chi connectivity index (χ3n) is 11.2. The SMILES string of the molecule is CCCCCCCCn1c2cc(C)sc2c2sc(-c3ccc(C)c4nc(-c5ccc6c7ccccc7n(CCCC)c6c5)c(-c5ccccc5)nc34)cc21. The van der Waals surface area contributed by atoms with Crippen LogP contribution < -0.4 is 0 Å². The van der Waals surface area contributed by atoms with Crippen molar-refractivity contribution in [3.63, 3.8) is 0 Å². The van der Waals surface area contributed by atoms with E-state index in [0.717, 1.165) is 70.6 Å². The third kappa shape index (κ3) is 6.14. The maximum atomic E-state index is 5.62. The van der Waals surface area contributed by atoms with Crippen LogP contribution in [0.4, 0.5) is 0 Å². The Bertz CT molecular complexity index is 2780. The molecule has 6 heteroatoms. The Kier molecular flexibility index (Phi) is 9.58. The lowest BCUT2D eigenvalue weighted by molar-refractivity contribution is 0.571. The van der Waals surface area contributed by atoms with Crippen molar-refractivity contribution >= 4 is 75.9 Å². The van der Waals surface area contributed by atoms with Gasteiger partial charge in [0.15, 0.2) is 0 Å². The number of nitrogens with zero attached hydrogens (tertiary/aromatic N) is 4. The molecule has 272 valence electrons. The Morgan fingerprint density at radius 2 is 1.19 bits per heavy atom. The molecule has 0 atom stereocenters. The summed E-state index contributed by atoms with van der Waals surface area (Å²) >= 11 is 3.85. The Balaban J connectivity index is 1.20. The molecule has 4 aromatic carbocycles. The predicted molar refractivity (Wildman–Crippen MR) is 235 cm³/mol. The van der Waals surface area contributed by atoms with Gasteiger partial charge < -0.3 is 9.13 Å². The minimum atomic E-state index is 0.926. The van der Waals surface area contributed by atoms with Gasteiger partial charge in [0.2, 0.25) is 0 Å². The highest BCUT2D eigenvalue weighted by Crippen LogP contribution is 2.45. The summed E-state index contributed by atoms with van der Waals surface area (Å²) in [5.41, 5.74) is 13.6. The van der Waals surface area contributed by atoms with Gasteiger partial charge in [0.1, 0.15) is 0 Å². The maximum absolute atomic E-state index is 5.62. The average molecular weight is 745 g/mol. The number of unbranched alkanes of at least 4 members (excludes halogenated alkanes) is 6. The summed E-state index contributed by atoms with van der Waals surface area (Å²) in [5, 5.41) is 2.60. The van der Waals surface area contributed by atoms with Crippen LogP contribution in [-0.4, -0.2) is 19.1 Å². The van der Waals surface area contributed by atoms with Crippen molar-refractivity contribution in [2.24, 2.45) is 0 Å². The molecule has 0 aliphatic carbocycles. The third-order valence-corrected chi connectivity index (χ3v) is 13.6. The van der Waals surface area contributed by atoms with Gasteiger partial charge in [0, 0.05) is 61.3 Å². The van der Waals surface area contributed by atoms with Crippen molar-refractivity contribution in [1.29, 1.82) is 0 Å². The second-order valence-corrected chi connectivity index (χ2v) is 17.3. The van der Waals surface area contributed by atoms with Gasteiger partial charge in [0.05, 0.1) is 42.9 Å². The van der Waals surface area contributed by atoms with Crippen LogP contribution >= 0.6 is 22.7 Å². The largest absolute Gasteiger partial charge is 0.340 e. The predicted octanol–water partition coefficient (Wildman–Crippen LogP) is 14.7. The normalized spacial score (nSPS) is 12.1. The van der Waals surface area contributed by atoms with Crippen LogP contribution in [0, 0.1) is 13.8 Å². The Hall–Kier alpha value is -4.78. The van der Waals surface area contributed by atoms with Crippen LogP contribution in [0.3, 0.4) is 0 Å². The number of hydrogen-bond acceptors (Lipinski definition) is 4. The van der Waals surface area contributed by atoms with E-state index in [1.165, 1.54) is 90.5 Å². The van der Waals surface area contributed by atoms with Crippen LogP contribution in [0.2, 0.25) is 0 Å². The fourth-order valence-electron chi connectivity index (χ4n) is 8.38. The van der Waals surface area contributed by atoms with Gasteiger partial charge in [-0.15, -0.1) is 22.7 Å². The molecule has 0 fully saturated rings. The Labute approximate surface area is 326 Å². The van der Waals surface area contributed by atoms with E-state index in [4.69, 9.17) is 9.97 Å². The summed E-state index contributed by atoms with van der Waals surface area (Å²) in [5.74, 6) is 0. The first-order valence-corrected chi connectivity index (χ1v) is 21.6. The van der Waals surface area contributed by atoms with Gasteiger partial charge in [-0.25, -0.2) is 9.97 Å². The number of benzene rings is 4. The van der Waals surface area contributed by atoms with Gasteiger partial charge in [-0.1, -0.05) is 125 Å². The molecule has 0 saturated heterocycles. The van der Waals surface area contributed by atoms with Gasteiger partial charge in [-0.2, -0.15) is 0 Å². The molecule has 5 heterocycles. The lowest BCUT2D eigenvalue weighted by atomic mass is 10.0. The molecule has 0 radical (unpaired) electrons. The summed E-state index contributed by atoms with van der Waals surface area (Å²) in [6.07, 6.45) is 10.1. The molecule has 0 amide bonds. The molecule has 0 saturated carbocycles. The quantitative estimate of drug-likeness (QED) is 0.110. The summed E-state index contributed by atoms with van der Waals surface area (Å²) in [7, 11) is 0. The van der Waals surface area contributed by atoms with Gasteiger partial charge in [-0.3, -0.25) is 0 Å². The monoisotopic (exact) mass is 744 g/mol. The number of aryl methyl sites for hydroxylation is 4. The number of aromatic nitrogens is 4. The molecule has 4 nitrogen and oxygen atoms in total. The number of rotatable bonds is 13. The van der Waals surface area contributed by atoms with Crippen molar-refractivity contribution in [3.8, 4) is 33.0 Å². The highest BCUT2D eigenvalue weighted by molar-refractivity contribution is 7.29. The minimum Gasteiger partial charge on any atom is -0.340 e. The lowest BCUT2D eigenvalue weighted by Gasteiger charge is -2.14. The van der Waals surface area contributed by atoms with E-state index in [1.54, 1.807) is 0 Å². The molecule has 54 heavy (non-hydrogen) atoms. The minimum absolute atomic E-state index is 0.926. The standard InChI is InChI=1S/C48H48N4S2/c1-5-7-9-10-11-17-27-52-40-28-32(4)53-47(40)48-41(52)30-42(54-48)37-24-22-31(3)43-46(37)50-44(33-18-13-12-14-19-33)45(49-43)34-23-25-36-35-20-15-16-21-38(35)51(26-8-6-2)39(36)29-34/h12-16,18-25,28-30H,5-11,17,26-27H2,1-4H3. The van der Waals surface area contributed by atoms with Gasteiger partial charge >= 0.3 is 0 Å². The van der Waals surface area contributed by atoms with E-state index in [-0.39, 0.29) is 0 Å². The van der Waals surface area contributed by atoms with Crippen molar-refractivity contribution in [3.05, 3.63) is 108 Å². The molecule has 5 aromatic heterocycles. The molecule has 9 aromatic rings. The van der Waals surface area contributed by atoms with E-state index < -0.39 is 0 Å². The van der Waals surface area contributed by atoms with Gasteiger partial charge in [0.25, 0.3) is 0 Å². The highest BCUT2D eigenvalue weighted by Gasteiger charge is 2.22. The van der Waals surface area contributed by atoms with Crippen molar-refractivity contribution in [2.45, 2.75) is 92.2 Å². The number of para-hydroxylation sites is 1. The number of thiophene rings is 2. The number of hydrogen-bond donors (Lipinski definition) is 0. The second-order valence-electron chi connectivity index (χ2n) is 15.0. The zero-order valence-corrected chi connectivity index (χ0v) is 33.5. The molecule has 9 rings (SSSR count). The molecule has 0 N–H and O–H groups in total. The van der Waals surface area contributed by atoms with Crippen molar-refractivity contribution < 1.29 is 0 Å². The van der Waals surface area contributed by atoms with E-state index in [9.17, 15) is 0 Å². The van der Waals surface area contributed by atoms with Crippen LogP contribution in [0.1, 0.15) is 75.7 Å². The smallest absolute Gasteiger partial charge is 0.0984 e. The van der Waals surface area contributed by atoms with E-state index in [2.05, 4.69) is 134 Å². The van der Waals surface area contributed by atoms with E-state index in [0.29, 0.717) is 0 Å². The van der Waals surface area contributed by atoms with Crippen LogP contribution in [0.15, 0.2) is 97.1 Å². The average Bonchev–Trinajstić information content (AvgIpc) is 3.94. The molecular weight excluding hydrogens is 697 g/mol. The van der Waals surface area contributed by atoms with Crippen molar-refractivity contribution in [2.75, 3.05) is 0 Å². The summed E-state index contributed by atoms with van der Waals surface area (Å²) < 4.78 is 7.92. The molecule has 0 bridgehead atoms. The summed E-state index contributed by atoms with van der Waals surface area (Å²) in [6.45, 7) is 11.0. The Morgan fingerprint density at radius 3 is 2.04 bits per heavy atom. The molecule has 0 spiro atoms. The first-order valence-electron chi connectivity index (χ1n) is 19.9. The zero-order chi connectivity index (χ0) is 36.8. The van der Waals surface area contributed by atoms with E-state index >= 15 is 0 Å². The first kappa shape index (κ1) is 35.0. The van der Waals surface area contributed by atoms with Crippen molar-refractivity contribution in [1.82, 2.24) is 19.1 Å². The lowest BCUT2D eigenvalue weighted by Crippen LogP contribution is -2.00. The maximum Gasteiger partial charge on any atom is 0.0984 e. The summed E-state index contributed by atoms with van der Waals surface area (Å²) in [4.78, 5) is 13.8. The van der Waals surface area contributed by atoms with Crippen LogP contribution in [0.25, 0.3) is 86.2 Å². The molecule has 0 aliphatic rings. The van der Waals surface area contributed by atoms with Crippen LogP contribution in [0.5, 0.6) is 0 Å². The first-order chi connectivity index (χ1) is 26.5. The zero-order valence-electron chi connectivity index (χ0n) is 31.9. The molecule has 0 unspecified atom stereocenters. The molecule has 0 aliphatic heterocycles. The van der Waals surface area contributed by atoms with Crippen LogP contribution in [-0.2, 0) is 13.1 Å². The van der Waals surface area contributed by atoms with E-state index in [1.807, 2.05) is 22.7 Å². The van der Waals surface area contributed by atoms with Gasteiger partial charge in [-0.05, 0) is 56.5 Å². The Morgan fingerprint density at radius 1 is 0.519 bits per heavy atom. The molecular formula is C48H48N4S2. The second kappa shape index (κ2) is 14.8.